The maximum atomic E-state index is 12.8. The van der Waals surface area contributed by atoms with Crippen molar-refractivity contribution in [1.82, 2.24) is 9.47 Å². The van der Waals surface area contributed by atoms with Crippen LogP contribution in [0.15, 0.2) is 65.4 Å². The Morgan fingerprint density at radius 3 is 2.58 bits per heavy atom. The van der Waals surface area contributed by atoms with Crippen molar-refractivity contribution >= 4 is 11.7 Å². The number of nitrogens with zero attached hydrogens (tertiary/aromatic N) is 2. The van der Waals surface area contributed by atoms with Gasteiger partial charge in [0.05, 0.1) is 26.0 Å². The summed E-state index contributed by atoms with van der Waals surface area (Å²) in [7, 11) is 1.96. The molecule has 2 heterocycles. The lowest BCUT2D eigenvalue weighted by molar-refractivity contribution is 0.200. The number of nitrogens with one attached hydrogen (secondary N) is 1. The molecule has 0 saturated heterocycles. The molecule has 0 fully saturated rings. The van der Waals surface area contributed by atoms with E-state index in [1.54, 1.807) is 11.2 Å². The van der Waals surface area contributed by atoms with Crippen molar-refractivity contribution in [2.24, 2.45) is 7.05 Å². The minimum atomic E-state index is -0.188. The van der Waals surface area contributed by atoms with Gasteiger partial charge >= 0.3 is 6.03 Å². The lowest BCUT2D eigenvalue weighted by Gasteiger charge is -2.22. The Morgan fingerprint density at radius 2 is 1.96 bits per heavy atom. The van der Waals surface area contributed by atoms with Crippen molar-refractivity contribution in [2.75, 3.05) is 11.9 Å². The monoisotopic (exact) mass is 353 g/mol. The highest BCUT2D eigenvalue weighted by atomic mass is 16.5. The zero-order valence-electron chi connectivity index (χ0n) is 15.0. The molecule has 0 aliphatic rings. The van der Waals surface area contributed by atoms with Gasteiger partial charge in [-0.1, -0.05) is 0 Å². The van der Waals surface area contributed by atoms with Crippen molar-refractivity contribution in [3.63, 3.8) is 0 Å². The number of carbonyl (C=O) groups is 1. The summed E-state index contributed by atoms with van der Waals surface area (Å²) < 4.78 is 12.8. The Bertz CT molecular complexity index is 822. The number of carbonyl (C=O) groups excluding carboxylic acids is 1. The van der Waals surface area contributed by atoms with Crippen molar-refractivity contribution in [3.8, 4) is 5.75 Å². The molecular weight excluding hydrogens is 330 g/mol. The highest BCUT2D eigenvalue weighted by molar-refractivity contribution is 5.89. The fourth-order valence-corrected chi connectivity index (χ4v) is 2.65. The number of rotatable bonds is 7. The number of hydrogen-bond donors (Lipinski definition) is 1. The van der Waals surface area contributed by atoms with E-state index < -0.39 is 0 Å². The smallest absolute Gasteiger partial charge is 0.322 e. The second-order valence-corrected chi connectivity index (χ2v) is 5.93. The van der Waals surface area contributed by atoms with Gasteiger partial charge in [-0.05, 0) is 55.5 Å². The van der Waals surface area contributed by atoms with Crippen LogP contribution in [0.2, 0.25) is 0 Å². The lowest BCUT2D eigenvalue weighted by atomic mass is 10.3. The highest BCUT2D eigenvalue weighted by Crippen LogP contribution is 2.17. The molecule has 0 radical (unpaired) electrons. The molecule has 2 amide bonds. The predicted molar refractivity (Wildman–Crippen MR) is 100.0 cm³/mol. The van der Waals surface area contributed by atoms with Crippen LogP contribution >= 0.6 is 0 Å². The average molecular weight is 353 g/mol. The molecule has 0 atom stereocenters. The molecule has 136 valence electrons. The molecule has 3 aromatic rings. The minimum Gasteiger partial charge on any atom is -0.494 e. The van der Waals surface area contributed by atoms with E-state index in [9.17, 15) is 4.79 Å². The van der Waals surface area contributed by atoms with Crippen LogP contribution in [0, 0.1) is 0 Å². The van der Waals surface area contributed by atoms with Gasteiger partial charge < -0.3 is 23.9 Å². The van der Waals surface area contributed by atoms with Gasteiger partial charge in [-0.15, -0.1) is 0 Å². The molecule has 6 heteroatoms. The van der Waals surface area contributed by atoms with Crippen LogP contribution in [0.4, 0.5) is 10.5 Å². The number of ether oxygens (including phenoxy) is 1. The Balaban J connectivity index is 1.72. The molecular formula is C20H23N3O3. The van der Waals surface area contributed by atoms with E-state index in [4.69, 9.17) is 9.15 Å². The number of amides is 2. The summed E-state index contributed by atoms with van der Waals surface area (Å²) in [5.74, 6) is 1.52. The maximum Gasteiger partial charge on any atom is 0.322 e. The molecule has 0 unspecified atom stereocenters. The first-order valence-corrected chi connectivity index (χ1v) is 8.57. The van der Waals surface area contributed by atoms with Crippen LogP contribution < -0.4 is 10.1 Å². The van der Waals surface area contributed by atoms with Crippen LogP contribution in [-0.4, -0.2) is 22.1 Å². The van der Waals surface area contributed by atoms with Gasteiger partial charge in [0.2, 0.25) is 0 Å². The van der Waals surface area contributed by atoms with E-state index in [1.165, 1.54) is 0 Å². The summed E-state index contributed by atoms with van der Waals surface area (Å²) in [5, 5.41) is 2.94. The molecule has 2 aromatic heterocycles. The predicted octanol–water partition coefficient (Wildman–Crippen LogP) is 4.25. The Hall–Kier alpha value is -3.15. The number of benzene rings is 1. The van der Waals surface area contributed by atoms with E-state index in [0.717, 1.165) is 22.9 Å². The third kappa shape index (κ3) is 4.47. The van der Waals surface area contributed by atoms with E-state index in [-0.39, 0.29) is 6.03 Å². The van der Waals surface area contributed by atoms with E-state index in [2.05, 4.69) is 5.32 Å². The summed E-state index contributed by atoms with van der Waals surface area (Å²) in [6.07, 6.45) is 3.57. The topological polar surface area (TPSA) is 59.6 Å². The first kappa shape index (κ1) is 17.7. The molecule has 6 nitrogen and oxygen atoms in total. The molecule has 0 spiro atoms. The van der Waals surface area contributed by atoms with Gasteiger partial charge in [-0.25, -0.2) is 4.79 Å². The van der Waals surface area contributed by atoms with Crippen molar-refractivity contribution in [2.45, 2.75) is 20.0 Å². The second kappa shape index (κ2) is 8.29. The number of aromatic nitrogens is 1. The first-order valence-electron chi connectivity index (χ1n) is 8.57. The van der Waals surface area contributed by atoms with Crippen LogP contribution in [0.5, 0.6) is 5.75 Å². The Morgan fingerprint density at radius 1 is 1.15 bits per heavy atom. The molecule has 3 rings (SSSR count). The van der Waals surface area contributed by atoms with Crippen molar-refractivity contribution < 1.29 is 13.9 Å². The number of urea groups is 1. The number of aryl methyl sites for hydroxylation is 1. The minimum absolute atomic E-state index is 0.188. The highest BCUT2D eigenvalue weighted by Gasteiger charge is 2.17. The van der Waals surface area contributed by atoms with Crippen molar-refractivity contribution in [1.29, 1.82) is 0 Å². The SMILES string of the molecule is CCOc1ccc(NC(=O)N(Cc2ccco2)Cc2cccn2C)cc1. The zero-order valence-corrected chi connectivity index (χ0v) is 15.0. The quantitative estimate of drug-likeness (QED) is 0.691. The first-order chi connectivity index (χ1) is 12.7. The Labute approximate surface area is 153 Å². The summed E-state index contributed by atoms with van der Waals surface area (Å²) in [6.45, 7) is 3.42. The molecule has 0 saturated carbocycles. The van der Waals surface area contributed by atoms with Gasteiger partial charge in [0, 0.05) is 24.6 Å². The summed E-state index contributed by atoms with van der Waals surface area (Å²) in [5.41, 5.74) is 1.76. The normalized spacial score (nSPS) is 10.5. The van der Waals surface area contributed by atoms with E-state index in [1.807, 2.05) is 73.3 Å². The van der Waals surface area contributed by atoms with Gasteiger partial charge in [0.1, 0.15) is 11.5 Å². The van der Waals surface area contributed by atoms with Crippen LogP contribution in [-0.2, 0) is 20.1 Å². The summed E-state index contributed by atoms with van der Waals surface area (Å²) in [4.78, 5) is 14.5. The zero-order chi connectivity index (χ0) is 18.4. The third-order valence-corrected chi connectivity index (χ3v) is 4.03. The molecule has 0 bridgehead atoms. The fraction of sp³-hybridized carbons (Fsp3) is 0.250. The van der Waals surface area contributed by atoms with E-state index >= 15 is 0 Å². The van der Waals surface area contributed by atoms with Crippen molar-refractivity contribution in [3.05, 3.63) is 72.4 Å². The third-order valence-electron chi connectivity index (χ3n) is 4.03. The van der Waals surface area contributed by atoms with Gasteiger partial charge in [0.15, 0.2) is 0 Å². The van der Waals surface area contributed by atoms with Gasteiger partial charge in [-0.3, -0.25) is 0 Å². The summed E-state index contributed by atoms with van der Waals surface area (Å²) >= 11 is 0. The van der Waals surface area contributed by atoms with Gasteiger partial charge in [0.25, 0.3) is 0 Å². The van der Waals surface area contributed by atoms with Crippen LogP contribution in [0.3, 0.4) is 0 Å². The van der Waals surface area contributed by atoms with Crippen LogP contribution in [0.1, 0.15) is 18.4 Å². The molecule has 1 aromatic carbocycles. The average Bonchev–Trinajstić information content (AvgIpc) is 3.28. The molecule has 1 N–H and O–H groups in total. The number of hydrogen-bond acceptors (Lipinski definition) is 3. The lowest BCUT2D eigenvalue weighted by Crippen LogP contribution is -2.34. The largest absolute Gasteiger partial charge is 0.494 e. The standard InChI is InChI=1S/C20H23N3O3/c1-3-25-18-10-8-16(9-11-18)21-20(24)23(15-19-7-5-13-26-19)14-17-6-4-12-22(17)2/h4-13H,3,14-15H2,1-2H3,(H,21,24). The molecule has 26 heavy (non-hydrogen) atoms. The fourth-order valence-electron chi connectivity index (χ4n) is 2.65. The number of furan rings is 1. The second-order valence-electron chi connectivity index (χ2n) is 5.93. The van der Waals surface area contributed by atoms with Crippen LogP contribution in [0.25, 0.3) is 0 Å². The summed E-state index contributed by atoms with van der Waals surface area (Å²) in [6, 6.07) is 14.8. The van der Waals surface area contributed by atoms with Gasteiger partial charge in [-0.2, -0.15) is 0 Å². The van der Waals surface area contributed by atoms with E-state index in [0.29, 0.717) is 19.7 Å². The maximum absolute atomic E-state index is 12.8. The number of anilines is 1. The Kier molecular flexibility index (Phi) is 5.63. The molecule has 0 aliphatic carbocycles. The molecule has 0 aliphatic heterocycles.